The van der Waals surface area contributed by atoms with Crippen molar-refractivity contribution in [2.24, 2.45) is 0 Å². The molecule has 3 aromatic heterocycles. The van der Waals surface area contributed by atoms with E-state index in [4.69, 9.17) is 4.74 Å². The Labute approximate surface area is 307 Å². The molecule has 11 nitrogen and oxygen atoms in total. The van der Waals surface area contributed by atoms with E-state index in [9.17, 15) is 14.7 Å². The van der Waals surface area contributed by atoms with Crippen LogP contribution in [0.3, 0.4) is 0 Å². The van der Waals surface area contributed by atoms with Gasteiger partial charge in [0.1, 0.15) is 12.1 Å². The molecule has 13 heteroatoms. The van der Waals surface area contributed by atoms with Crippen LogP contribution in [-0.4, -0.2) is 104 Å². The maximum absolute atomic E-state index is 15.9. The first-order valence-corrected chi connectivity index (χ1v) is 15.4. The van der Waals surface area contributed by atoms with Gasteiger partial charge in [-0.2, -0.15) is 10.1 Å². The number of halogens is 1. The van der Waals surface area contributed by atoms with Gasteiger partial charge in [-0.25, -0.2) is 13.7 Å². The van der Waals surface area contributed by atoms with Crippen molar-refractivity contribution in [3.8, 4) is 22.5 Å². The van der Waals surface area contributed by atoms with Crippen LogP contribution in [-0.2, 0) is 17.6 Å². The SMILES string of the molecule is CCCc1c(Cc2ccc(-c3ccccc3-c3noc(=O)[nH]3)cc2F)c(=O)n([C@H]2CC[C@H](OCC(C)(C)O)CC2)c2ncnn12.[KH]. The molecular formula is C33H38FKN6O5. The molecule has 5 aromatic rings. The van der Waals surface area contributed by atoms with Crippen LogP contribution in [0, 0.1) is 5.82 Å². The zero-order chi connectivity index (χ0) is 31.7. The van der Waals surface area contributed by atoms with Crippen LogP contribution in [0.1, 0.15) is 75.7 Å². The van der Waals surface area contributed by atoms with Gasteiger partial charge in [-0.1, -0.05) is 54.9 Å². The molecule has 0 aliphatic heterocycles. The summed E-state index contributed by atoms with van der Waals surface area (Å²) in [5, 5.41) is 18.3. The van der Waals surface area contributed by atoms with Crippen LogP contribution >= 0.6 is 0 Å². The molecule has 0 unspecified atom stereocenters. The molecule has 0 spiro atoms. The minimum absolute atomic E-state index is 0. The van der Waals surface area contributed by atoms with Crippen LogP contribution in [0.2, 0.25) is 0 Å². The van der Waals surface area contributed by atoms with Crippen LogP contribution in [0.25, 0.3) is 28.3 Å². The zero-order valence-corrected chi connectivity index (χ0v) is 25.6. The number of aliphatic hydroxyl groups is 1. The Balaban J connectivity index is 0.00000417. The molecule has 238 valence electrons. The third-order valence-electron chi connectivity index (χ3n) is 8.35. The molecule has 0 saturated heterocycles. The standard InChI is InChI=1S/C33H37FN6O5.K.H/c1-4-7-28-26(16-21-11-10-20(17-27(21)34)24-8-5-6-9-25(24)29-37-32(42)45-38-29)30(41)39(31-35-19-36-40(28)31)22-12-14-23(15-13-22)44-18-33(2,3)43;;/h5-6,8-11,17,19,22-23,43H,4,7,12-16,18H2,1-3H3,(H,37,38,42);;/t22-,23-;;. The van der Waals surface area contributed by atoms with E-state index < -0.39 is 17.2 Å². The first-order valence-electron chi connectivity index (χ1n) is 15.4. The monoisotopic (exact) mass is 656 g/mol. The number of hydrogen-bond donors (Lipinski definition) is 2. The quantitative estimate of drug-likeness (QED) is 0.213. The topological polar surface area (TPSA) is 141 Å². The van der Waals surface area contributed by atoms with Gasteiger partial charge in [-0.05, 0) is 68.7 Å². The summed E-state index contributed by atoms with van der Waals surface area (Å²) in [6.45, 7) is 5.72. The van der Waals surface area contributed by atoms with Gasteiger partial charge in [0.25, 0.3) is 5.56 Å². The van der Waals surface area contributed by atoms with Crippen LogP contribution in [0.15, 0.2) is 62.9 Å². The third-order valence-corrected chi connectivity index (χ3v) is 8.35. The average molecular weight is 657 g/mol. The second kappa shape index (κ2) is 14.5. The molecule has 0 bridgehead atoms. The molecule has 46 heavy (non-hydrogen) atoms. The first-order chi connectivity index (χ1) is 21.6. The van der Waals surface area contributed by atoms with E-state index in [1.54, 1.807) is 47.2 Å². The van der Waals surface area contributed by atoms with Crippen molar-refractivity contribution in [3.05, 3.63) is 92.3 Å². The Bertz CT molecular complexity index is 1930. The molecule has 6 rings (SSSR count). The predicted octanol–water partition coefficient (Wildman–Crippen LogP) is 4.21. The number of aryl methyl sites for hydroxylation is 1. The Morgan fingerprint density at radius 3 is 2.50 bits per heavy atom. The Morgan fingerprint density at radius 2 is 1.85 bits per heavy atom. The Morgan fingerprint density at radius 1 is 1.11 bits per heavy atom. The van der Waals surface area contributed by atoms with Crippen LogP contribution in [0.4, 0.5) is 4.39 Å². The van der Waals surface area contributed by atoms with Gasteiger partial charge >= 0.3 is 57.1 Å². The summed E-state index contributed by atoms with van der Waals surface area (Å²) in [7, 11) is 0. The normalized spacial score (nSPS) is 16.9. The Hall–Kier alpha value is -2.78. The second-order valence-electron chi connectivity index (χ2n) is 12.3. The van der Waals surface area contributed by atoms with E-state index in [2.05, 4.69) is 24.7 Å². The van der Waals surface area contributed by atoms with Gasteiger partial charge in [0.05, 0.1) is 24.0 Å². The molecule has 2 N–H and O–H groups in total. The van der Waals surface area contributed by atoms with E-state index >= 15 is 4.39 Å². The number of nitrogens with one attached hydrogen (secondary N) is 1. The number of aromatic nitrogens is 6. The number of fused-ring (bicyclic) bond motifs is 1. The summed E-state index contributed by atoms with van der Waals surface area (Å²) < 4.78 is 29.9. The summed E-state index contributed by atoms with van der Waals surface area (Å²) in [6.07, 6.45) is 5.86. The summed E-state index contributed by atoms with van der Waals surface area (Å²) in [5.41, 5.74) is 2.41. The van der Waals surface area contributed by atoms with E-state index in [0.717, 1.165) is 25.0 Å². The third kappa shape index (κ3) is 7.35. The molecule has 0 atom stereocenters. The van der Waals surface area contributed by atoms with Gasteiger partial charge in [-0.3, -0.25) is 18.9 Å². The molecule has 0 radical (unpaired) electrons. The number of nitrogens with zero attached hydrogens (tertiary/aromatic N) is 5. The molecule has 0 amide bonds. The van der Waals surface area contributed by atoms with E-state index in [1.807, 2.05) is 19.1 Å². The number of hydrogen-bond acceptors (Lipinski definition) is 8. The first kappa shape index (κ1) is 34.5. The van der Waals surface area contributed by atoms with Crippen molar-refractivity contribution in [1.82, 2.24) is 29.3 Å². The molecular weight excluding hydrogens is 618 g/mol. The van der Waals surface area contributed by atoms with Crippen molar-refractivity contribution >= 4 is 57.2 Å². The molecule has 2 aromatic carbocycles. The second-order valence-corrected chi connectivity index (χ2v) is 12.3. The number of ether oxygens (including phenoxy) is 1. The van der Waals surface area contributed by atoms with E-state index in [0.29, 0.717) is 52.9 Å². The van der Waals surface area contributed by atoms with Crippen molar-refractivity contribution in [1.29, 1.82) is 0 Å². The fourth-order valence-corrected chi connectivity index (χ4v) is 6.21. The molecule has 1 fully saturated rings. The summed E-state index contributed by atoms with van der Waals surface area (Å²) >= 11 is 0. The van der Waals surface area contributed by atoms with Crippen LogP contribution in [0.5, 0.6) is 0 Å². The van der Waals surface area contributed by atoms with Crippen molar-refractivity contribution in [2.45, 2.75) is 83.5 Å². The summed E-state index contributed by atoms with van der Waals surface area (Å²) in [6, 6.07) is 12.0. The van der Waals surface area contributed by atoms with Gasteiger partial charge in [0.2, 0.25) is 5.78 Å². The fourth-order valence-electron chi connectivity index (χ4n) is 6.21. The molecule has 1 aliphatic rings. The number of aromatic amines is 1. The Kier molecular flexibility index (Phi) is 10.9. The minimum atomic E-state index is -0.903. The van der Waals surface area contributed by atoms with Crippen LogP contribution < -0.4 is 11.3 Å². The number of H-pyrrole nitrogens is 1. The molecule has 1 aliphatic carbocycles. The van der Waals surface area contributed by atoms with Gasteiger partial charge in [-0.15, -0.1) is 0 Å². The van der Waals surface area contributed by atoms with Gasteiger partial charge in [0, 0.05) is 23.6 Å². The average Bonchev–Trinajstić information content (AvgIpc) is 3.68. The van der Waals surface area contributed by atoms with Crippen molar-refractivity contribution in [3.63, 3.8) is 0 Å². The molecule has 3 heterocycles. The van der Waals surface area contributed by atoms with Gasteiger partial charge < -0.3 is 9.84 Å². The molecule has 1 saturated carbocycles. The van der Waals surface area contributed by atoms with Gasteiger partial charge in [0.15, 0.2) is 5.82 Å². The van der Waals surface area contributed by atoms with Crippen molar-refractivity contribution < 1.29 is 18.8 Å². The zero-order valence-electron chi connectivity index (χ0n) is 25.6. The number of benzene rings is 2. The predicted molar refractivity (Wildman–Crippen MR) is 173 cm³/mol. The van der Waals surface area contributed by atoms with E-state index in [-0.39, 0.29) is 87.9 Å². The van der Waals surface area contributed by atoms with Crippen molar-refractivity contribution in [2.75, 3.05) is 6.61 Å². The summed E-state index contributed by atoms with van der Waals surface area (Å²) in [5.74, 6) is -0.381. The number of rotatable bonds is 10. The maximum atomic E-state index is 15.9. The summed E-state index contributed by atoms with van der Waals surface area (Å²) in [4.78, 5) is 32.8. The fraction of sp³-hybridized carbons (Fsp3) is 0.424. The van der Waals surface area contributed by atoms with E-state index in [1.165, 1.54) is 12.4 Å².